The smallest absolute Gasteiger partial charge is 0.324 e. The minimum Gasteiger partial charge on any atom is -0.361 e. The third kappa shape index (κ3) is 3.73. The fraction of sp³-hybridized carbons (Fsp3) is 0.190. The number of imide groups is 1. The molecule has 28 heavy (non-hydrogen) atoms. The Bertz CT molecular complexity index is 1030. The molecule has 0 bridgehead atoms. The molecule has 1 fully saturated rings. The Kier molecular flexibility index (Phi) is 4.80. The molecule has 7 nitrogen and oxygen atoms in total. The van der Waals surface area contributed by atoms with Crippen molar-refractivity contribution in [1.82, 2.24) is 15.2 Å². The lowest BCUT2D eigenvalue weighted by molar-refractivity contribution is -0.129. The van der Waals surface area contributed by atoms with Crippen molar-refractivity contribution in [1.29, 1.82) is 0 Å². The zero-order valence-electron chi connectivity index (χ0n) is 15.1. The Balaban J connectivity index is 1.34. The zero-order chi connectivity index (χ0) is 19.5. The van der Waals surface area contributed by atoms with E-state index >= 15 is 0 Å². The number of rotatable bonds is 6. The Morgan fingerprint density at radius 1 is 1.07 bits per heavy atom. The van der Waals surface area contributed by atoms with Crippen LogP contribution in [0, 0.1) is 0 Å². The number of nitrogens with one attached hydrogen (secondary N) is 3. The van der Waals surface area contributed by atoms with Gasteiger partial charge >= 0.3 is 6.03 Å². The van der Waals surface area contributed by atoms with E-state index in [1.165, 1.54) is 4.90 Å². The summed E-state index contributed by atoms with van der Waals surface area (Å²) >= 11 is 0. The molecule has 2 aromatic carbocycles. The van der Waals surface area contributed by atoms with Gasteiger partial charge in [0.05, 0.1) is 6.42 Å². The summed E-state index contributed by atoms with van der Waals surface area (Å²) in [6, 6.07) is 15.8. The quantitative estimate of drug-likeness (QED) is 0.577. The summed E-state index contributed by atoms with van der Waals surface area (Å²) in [6.45, 7) is 0.289. The Hall–Kier alpha value is -3.61. The number of anilines is 1. The SMILES string of the molecule is O=C(CC1NC(=O)N(CCc2ccccc2)C1=O)Nc1ccc2[nH]ccc2c1. The highest BCUT2D eigenvalue weighted by Gasteiger charge is 2.38. The van der Waals surface area contributed by atoms with Crippen molar-refractivity contribution in [3.05, 3.63) is 66.4 Å². The average molecular weight is 376 g/mol. The number of urea groups is 1. The predicted molar refractivity (Wildman–Crippen MR) is 106 cm³/mol. The number of aromatic amines is 1. The van der Waals surface area contributed by atoms with Crippen molar-refractivity contribution >= 4 is 34.4 Å². The molecule has 4 amide bonds. The van der Waals surface area contributed by atoms with E-state index in [1.54, 1.807) is 6.07 Å². The summed E-state index contributed by atoms with van der Waals surface area (Å²) in [5, 5.41) is 6.37. The van der Waals surface area contributed by atoms with Crippen LogP contribution in [0.3, 0.4) is 0 Å². The van der Waals surface area contributed by atoms with Crippen molar-refractivity contribution in [3.63, 3.8) is 0 Å². The van der Waals surface area contributed by atoms with Crippen molar-refractivity contribution < 1.29 is 14.4 Å². The molecule has 1 saturated heterocycles. The molecule has 3 aromatic rings. The van der Waals surface area contributed by atoms with Gasteiger partial charge in [-0.1, -0.05) is 30.3 Å². The van der Waals surface area contributed by atoms with E-state index in [4.69, 9.17) is 0 Å². The number of H-pyrrole nitrogens is 1. The van der Waals surface area contributed by atoms with Gasteiger partial charge in [0.25, 0.3) is 5.91 Å². The van der Waals surface area contributed by atoms with Gasteiger partial charge in [-0.3, -0.25) is 14.5 Å². The monoisotopic (exact) mass is 376 g/mol. The minimum atomic E-state index is -0.834. The molecule has 0 radical (unpaired) electrons. The molecule has 142 valence electrons. The highest BCUT2D eigenvalue weighted by molar-refractivity contribution is 6.07. The topological polar surface area (TPSA) is 94.3 Å². The second-order valence-corrected chi connectivity index (χ2v) is 6.76. The molecule has 0 spiro atoms. The van der Waals surface area contributed by atoms with Gasteiger partial charge in [0.1, 0.15) is 6.04 Å². The maximum absolute atomic E-state index is 12.5. The summed E-state index contributed by atoms with van der Waals surface area (Å²) in [5.41, 5.74) is 2.67. The van der Waals surface area contributed by atoms with Gasteiger partial charge in [-0.05, 0) is 36.2 Å². The van der Waals surface area contributed by atoms with Gasteiger partial charge in [0, 0.05) is 29.3 Å². The molecule has 1 aliphatic heterocycles. The molecule has 0 aliphatic carbocycles. The fourth-order valence-corrected chi connectivity index (χ4v) is 3.34. The highest BCUT2D eigenvalue weighted by atomic mass is 16.2. The lowest BCUT2D eigenvalue weighted by Gasteiger charge is -2.13. The third-order valence-electron chi connectivity index (χ3n) is 4.80. The van der Waals surface area contributed by atoms with E-state index in [-0.39, 0.29) is 24.8 Å². The van der Waals surface area contributed by atoms with Gasteiger partial charge in [-0.2, -0.15) is 0 Å². The van der Waals surface area contributed by atoms with Crippen LogP contribution < -0.4 is 10.6 Å². The van der Waals surface area contributed by atoms with Crippen LogP contribution in [0.15, 0.2) is 60.8 Å². The Morgan fingerprint density at radius 2 is 1.89 bits per heavy atom. The average Bonchev–Trinajstić information content (AvgIpc) is 3.25. The van der Waals surface area contributed by atoms with Gasteiger partial charge in [0.2, 0.25) is 5.91 Å². The standard InChI is InChI=1S/C21H20N4O3/c26-19(23-16-6-7-17-15(12-16)8-10-22-17)13-18-20(27)25(21(28)24-18)11-9-14-4-2-1-3-5-14/h1-8,10,12,18,22H,9,11,13H2,(H,23,26)(H,24,28). The zero-order valence-corrected chi connectivity index (χ0v) is 15.1. The van der Waals surface area contributed by atoms with E-state index in [0.717, 1.165) is 16.5 Å². The summed E-state index contributed by atoms with van der Waals surface area (Å²) in [7, 11) is 0. The van der Waals surface area contributed by atoms with Crippen LogP contribution in [0.1, 0.15) is 12.0 Å². The maximum atomic E-state index is 12.5. The number of benzene rings is 2. The lowest BCUT2D eigenvalue weighted by Crippen LogP contribution is -2.34. The largest absolute Gasteiger partial charge is 0.361 e. The van der Waals surface area contributed by atoms with Gasteiger partial charge in [-0.15, -0.1) is 0 Å². The minimum absolute atomic E-state index is 0.0996. The normalized spacial score (nSPS) is 16.4. The van der Waals surface area contributed by atoms with Crippen LogP contribution in [0.2, 0.25) is 0 Å². The predicted octanol–water partition coefficient (Wildman–Crippen LogP) is 2.66. The van der Waals surface area contributed by atoms with Crippen molar-refractivity contribution in [2.24, 2.45) is 0 Å². The Labute approximate surface area is 161 Å². The lowest BCUT2D eigenvalue weighted by atomic mass is 10.1. The first-order valence-electron chi connectivity index (χ1n) is 9.13. The van der Waals surface area contributed by atoms with Crippen LogP contribution >= 0.6 is 0 Å². The number of nitrogens with zero attached hydrogens (tertiary/aromatic N) is 1. The summed E-state index contributed by atoms with van der Waals surface area (Å²) in [5.74, 6) is -0.685. The maximum Gasteiger partial charge on any atom is 0.324 e. The Morgan fingerprint density at radius 3 is 2.71 bits per heavy atom. The number of carbonyl (C=O) groups excluding carboxylic acids is 3. The van der Waals surface area contributed by atoms with Crippen LogP contribution in [-0.2, 0) is 16.0 Å². The van der Waals surface area contributed by atoms with E-state index in [9.17, 15) is 14.4 Å². The highest BCUT2D eigenvalue weighted by Crippen LogP contribution is 2.18. The third-order valence-corrected chi connectivity index (χ3v) is 4.80. The molecule has 7 heteroatoms. The summed E-state index contributed by atoms with van der Waals surface area (Å²) in [6.07, 6.45) is 2.31. The molecule has 0 saturated carbocycles. The van der Waals surface area contributed by atoms with Crippen molar-refractivity contribution in [2.45, 2.75) is 18.9 Å². The first kappa shape index (κ1) is 17.8. The number of carbonyl (C=O) groups is 3. The van der Waals surface area contributed by atoms with Crippen LogP contribution in [0.25, 0.3) is 10.9 Å². The molecule has 1 unspecified atom stereocenters. The molecule has 1 aliphatic rings. The molecule has 4 rings (SSSR count). The number of hydrogen-bond acceptors (Lipinski definition) is 3. The fourth-order valence-electron chi connectivity index (χ4n) is 3.34. The number of aromatic nitrogens is 1. The van der Waals surface area contributed by atoms with Crippen molar-refractivity contribution in [3.8, 4) is 0 Å². The number of amides is 4. The first-order chi connectivity index (χ1) is 13.6. The molecule has 1 atom stereocenters. The molecular weight excluding hydrogens is 356 g/mol. The van der Waals surface area contributed by atoms with E-state index in [0.29, 0.717) is 12.1 Å². The van der Waals surface area contributed by atoms with E-state index in [1.807, 2.05) is 54.7 Å². The van der Waals surface area contributed by atoms with Gasteiger partial charge < -0.3 is 15.6 Å². The summed E-state index contributed by atoms with van der Waals surface area (Å²) in [4.78, 5) is 41.3. The second kappa shape index (κ2) is 7.56. The summed E-state index contributed by atoms with van der Waals surface area (Å²) < 4.78 is 0. The van der Waals surface area contributed by atoms with Crippen LogP contribution in [0.4, 0.5) is 10.5 Å². The second-order valence-electron chi connectivity index (χ2n) is 6.76. The van der Waals surface area contributed by atoms with Crippen LogP contribution in [-0.4, -0.2) is 40.3 Å². The van der Waals surface area contributed by atoms with Gasteiger partial charge in [0.15, 0.2) is 0 Å². The number of hydrogen-bond donors (Lipinski definition) is 3. The van der Waals surface area contributed by atoms with Crippen molar-refractivity contribution in [2.75, 3.05) is 11.9 Å². The van der Waals surface area contributed by atoms with E-state index in [2.05, 4.69) is 15.6 Å². The van der Waals surface area contributed by atoms with Gasteiger partial charge in [-0.25, -0.2) is 4.79 Å². The molecule has 2 heterocycles. The first-order valence-corrected chi connectivity index (χ1v) is 9.13. The van der Waals surface area contributed by atoms with E-state index < -0.39 is 12.1 Å². The molecular formula is C21H20N4O3. The molecule has 3 N–H and O–H groups in total. The molecule has 1 aromatic heterocycles. The van der Waals surface area contributed by atoms with Crippen LogP contribution in [0.5, 0.6) is 0 Å². The number of fused-ring (bicyclic) bond motifs is 1.